The molecule has 0 fully saturated rings. The predicted octanol–water partition coefficient (Wildman–Crippen LogP) is 2.13. The van der Waals surface area contributed by atoms with Crippen LogP contribution in [0.25, 0.3) is 0 Å². The molecule has 16 heavy (non-hydrogen) atoms. The van der Waals surface area contributed by atoms with Gasteiger partial charge in [0.1, 0.15) is 0 Å². The zero-order valence-corrected chi connectivity index (χ0v) is 9.86. The van der Waals surface area contributed by atoms with Crippen molar-refractivity contribution in [2.75, 3.05) is 0 Å². The normalized spacial score (nSPS) is 11.2. The molecule has 0 aliphatic rings. The lowest BCUT2D eigenvalue weighted by Crippen LogP contribution is -2.22. The van der Waals surface area contributed by atoms with Crippen LogP contribution in [0.15, 0.2) is 5.16 Å². The molecule has 6 nitrogen and oxygen atoms in total. The Labute approximate surface area is 95.5 Å². The van der Waals surface area contributed by atoms with Gasteiger partial charge in [0.15, 0.2) is 0 Å². The quantitative estimate of drug-likeness (QED) is 0.220. The number of nitrogens with one attached hydrogen (secondary N) is 1. The third-order valence-electron chi connectivity index (χ3n) is 1.95. The summed E-state index contributed by atoms with van der Waals surface area (Å²) in [4.78, 5) is 19.4. The minimum absolute atomic E-state index is 0.109. The van der Waals surface area contributed by atoms with Gasteiger partial charge in [-0.15, -0.1) is 0 Å². The molecule has 0 aromatic heterocycles. The van der Waals surface area contributed by atoms with E-state index in [0.717, 1.165) is 19.3 Å². The summed E-state index contributed by atoms with van der Waals surface area (Å²) in [5.41, 5.74) is 1.95. The number of hydrogen-bond acceptors (Lipinski definition) is 6. The fourth-order valence-electron chi connectivity index (χ4n) is 1.13. The van der Waals surface area contributed by atoms with E-state index in [2.05, 4.69) is 16.9 Å². The lowest BCUT2D eigenvalue weighted by molar-refractivity contribution is -0.171. The van der Waals surface area contributed by atoms with Gasteiger partial charge >= 0.3 is 5.97 Å². The van der Waals surface area contributed by atoms with Gasteiger partial charge < -0.3 is 14.9 Å². The molecule has 0 aromatic carbocycles. The number of rotatable bonds is 8. The first-order chi connectivity index (χ1) is 7.70. The first-order valence-electron chi connectivity index (χ1n) is 5.50. The second-order valence-electron chi connectivity index (χ2n) is 3.44. The van der Waals surface area contributed by atoms with E-state index in [1.54, 1.807) is 0 Å². The summed E-state index contributed by atoms with van der Waals surface area (Å²) in [5.74, 6) is -0.419. The molecule has 0 rings (SSSR count). The molecule has 0 aromatic rings. The molecule has 0 heterocycles. The van der Waals surface area contributed by atoms with Crippen molar-refractivity contribution in [1.29, 1.82) is 0 Å². The maximum absolute atomic E-state index is 10.4. The lowest BCUT2D eigenvalue weighted by atomic mass is 10.1. The van der Waals surface area contributed by atoms with Gasteiger partial charge in [-0.3, -0.25) is 4.79 Å². The zero-order chi connectivity index (χ0) is 12.2. The highest BCUT2D eigenvalue weighted by Crippen LogP contribution is 2.05. The summed E-state index contributed by atoms with van der Waals surface area (Å²) < 4.78 is 0. The van der Waals surface area contributed by atoms with Crippen LogP contribution >= 0.6 is 0 Å². The molecule has 94 valence electrons. The number of carbonyl (C=O) groups excluding carboxylic acids is 1. The number of unbranched alkanes of at least 4 members (excludes halogenated alkanes) is 4. The smallest absolute Gasteiger partial charge is 0.325 e. The van der Waals surface area contributed by atoms with Gasteiger partial charge in [0.25, 0.3) is 5.90 Å². The molecule has 6 heteroatoms. The maximum atomic E-state index is 10.4. The first-order valence-corrected chi connectivity index (χ1v) is 5.50. The van der Waals surface area contributed by atoms with Crippen molar-refractivity contribution in [3.8, 4) is 0 Å². The van der Waals surface area contributed by atoms with E-state index >= 15 is 0 Å². The third kappa shape index (κ3) is 9.26. The van der Waals surface area contributed by atoms with Crippen molar-refractivity contribution in [1.82, 2.24) is 5.64 Å². The number of hydrogen-bond donors (Lipinski definition) is 2. The Morgan fingerprint density at radius 1 is 1.25 bits per heavy atom. The van der Waals surface area contributed by atoms with Gasteiger partial charge in [-0.2, -0.15) is 0 Å². The molecule has 0 amide bonds. The van der Waals surface area contributed by atoms with Crippen LogP contribution in [0.4, 0.5) is 0 Å². The van der Waals surface area contributed by atoms with E-state index in [0.29, 0.717) is 6.42 Å². The molecule has 0 aliphatic heterocycles. The highest BCUT2D eigenvalue weighted by atomic mass is 16.9. The number of nitrogens with zero attached hydrogens (tertiary/aromatic N) is 1. The van der Waals surface area contributed by atoms with Crippen molar-refractivity contribution < 1.29 is 19.7 Å². The molecule has 0 saturated heterocycles. The SMILES string of the molecule is CCCCCCCC(=NO)ONOC(C)=O. The topological polar surface area (TPSA) is 80.2 Å². The lowest BCUT2D eigenvalue weighted by Gasteiger charge is -2.06. The summed E-state index contributed by atoms with van der Waals surface area (Å²) in [6.07, 6.45) is 6.00. The summed E-state index contributed by atoms with van der Waals surface area (Å²) in [7, 11) is 0. The fraction of sp³-hybridized carbons (Fsp3) is 0.800. The number of carbonyl (C=O) groups is 1. The molecule has 0 bridgehead atoms. The number of oxime groups is 1. The van der Waals surface area contributed by atoms with Crippen molar-refractivity contribution in [2.45, 2.75) is 52.4 Å². The summed E-state index contributed by atoms with van der Waals surface area (Å²) >= 11 is 0. The molecule has 2 N–H and O–H groups in total. The van der Waals surface area contributed by atoms with Crippen LogP contribution in [0.3, 0.4) is 0 Å². The van der Waals surface area contributed by atoms with Crippen molar-refractivity contribution >= 4 is 11.9 Å². The van der Waals surface area contributed by atoms with E-state index in [1.807, 2.05) is 5.64 Å². The van der Waals surface area contributed by atoms with Gasteiger partial charge in [0.05, 0.1) is 0 Å². The van der Waals surface area contributed by atoms with Crippen LogP contribution in [0.5, 0.6) is 0 Å². The van der Waals surface area contributed by atoms with E-state index < -0.39 is 5.97 Å². The van der Waals surface area contributed by atoms with Gasteiger partial charge in [-0.05, 0) is 6.42 Å². The first kappa shape index (κ1) is 14.7. The van der Waals surface area contributed by atoms with Gasteiger partial charge in [-0.25, -0.2) is 0 Å². The Morgan fingerprint density at radius 2 is 1.94 bits per heavy atom. The Morgan fingerprint density at radius 3 is 2.50 bits per heavy atom. The van der Waals surface area contributed by atoms with Gasteiger partial charge in [-0.1, -0.05) is 37.8 Å². The molecule has 0 aliphatic carbocycles. The van der Waals surface area contributed by atoms with Crippen LogP contribution in [0, 0.1) is 0 Å². The molecule has 0 spiro atoms. The second kappa shape index (κ2) is 10.2. The Kier molecular flexibility index (Phi) is 9.39. The molecular weight excluding hydrogens is 212 g/mol. The van der Waals surface area contributed by atoms with E-state index in [-0.39, 0.29) is 5.90 Å². The monoisotopic (exact) mass is 232 g/mol. The van der Waals surface area contributed by atoms with E-state index in [9.17, 15) is 4.79 Å². The van der Waals surface area contributed by atoms with Gasteiger partial charge in [0.2, 0.25) is 0 Å². The highest BCUT2D eigenvalue weighted by Gasteiger charge is 2.02. The highest BCUT2D eigenvalue weighted by molar-refractivity contribution is 5.75. The standard InChI is InChI=1S/C10H20N2O4/c1-3-4-5-6-7-8-10(11-14)16-12-15-9(2)13/h12,14H,3-8H2,1-2H3. The minimum Gasteiger partial charge on any atom is -0.408 e. The van der Waals surface area contributed by atoms with Crippen LogP contribution < -0.4 is 5.64 Å². The van der Waals surface area contributed by atoms with Crippen LogP contribution in [-0.2, 0) is 14.5 Å². The van der Waals surface area contributed by atoms with E-state index in [4.69, 9.17) is 10.0 Å². The third-order valence-corrected chi connectivity index (χ3v) is 1.95. The van der Waals surface area contributed by atoms with Crippen LogP contribution in [0.1, 0.15) is 52.4 Å². The summed E-state index contributed by atoms with van der Waals surface area (Å²) in [6, 6.07) is 0. The second-order valence-corrected chi connectivity index (χ2v) is 3.44. The molecule has 0 unspecified atom stereocenters. The summed E-state index contributed by atoms with van der Waals surface area (Å²) in [6.45, 7) is 3.38. The maximum Gasteiger partial charge on any atom is 0.325 e. The molecule has 0 radical (unpaired) electrons. The Balaban J connectivity index is 3.49. The molecule has 0 atom stereocenters. The predicted molar refractivity (Wildman–Crippen MR) is 58.6 cm³/mol. The largest absolute Gasteiger partial charge is 0.408 e. The average molecular weight is 232 g/mol. The fourth-order valence-corrected chi connectivity index (χ4v) is 1.13. The Bertz CT molecular complexity index is 219. The van der Waals surface area contributed by atoms with Crippen molar-refractivity contribution in [2.24, 2.45) is 5.16 Å². The molecular formula is C10H20N2O4. The average Bonchev–Trinajstić information content (AvgIpc) is 2.26. The van der Waals surface area contributed by atoms with Crippen LogP contribution in [-0.4, -0.2) is 17.1 Å². The van der Waals surface area contributed by atoms with Crippen LogP contribution in [0.2, 0.25) is 0 Å². The van der Waals surface area contributed by atoms with E-state index in [1.165, 1.54) is 19.8 Å². The van der Waals surface area contributed by atoms with Crippen molar-refractivity contribution in [3.05, 3.63) is 0 Å². The Hall–Kier alpha value is -1.30. The summed E-state index contributed by atoms with van der Waals surface area (Å²) in [5, 5.41) is 11.5. The van der Waals surface area contributed by atoms with Crippen molar-refractivity contribution in [3.63, 3.8) is 0 Å². The zero-order valence-electron chi connectivity index (χ0n) is 9.86. The molecule has 0 saturated carbocycles. The van der Waals surface area contributed by atoms with Gasteiger partial charge in [0, 0.05) is 19.0 Å². The minimum atomic E-state index is -0.528.